The molecule has 1 fully saturated rings. The fourth-order valence-electron chi connectivity index (χ4n) is 4.32. The maximum atomic E-state index is 13.1. The molecule has 0 unspecified atom stereocenters. The van der Waals surface area contributed by atoms with Gasteiger partial charge in [-0.1, -0.05) is 36.4 Å². The second-order valence-corrected chi connectivity index (χ2v) is 8.77. The Morgan fingerprint density at radius 3 is 2.41 bits per heavy atom. The number of nitrogens with zero attached hydrogens (tertiary/aromatic N) is 4. The Kier molecular flexibility index (Phi) is 6.65. The summed E-state index contributed by atoms with van der Waals surface area (Å²) in [4.78, 5) is 33.5. The van der Waals surface area contributed by atoms with E-state index in [0.717, 1.165) is 38.4 Å². The number of likely N-dealkylation sites (N-methyl/N-ethyl adjacent to an activating group) is 1. The van der Waals surface area contributed by atoms with Gasteiger partial charge >= 0.3 is 0 Å². The number of para-hydroxylation sites is 2. The molecule has 4 rings (SSSR count). The molecule has 0 spiro atoms. The van der Waals surface area contributed by atoms with Crippen molar-refractivity contribution in [1.82, 2.24) is 14.7 Å². The van der Waals surface area contributed by atoms with Crippen LogP contribution in [0.5, 0.6) is 5.75 Å². The van der Waals surface area contributed by atoms with Gasteiger partial charge in [-0.25, -0.2) is 0 Å². The molecular formula is C25H32N4O3. The number of ether oxygens (including phenoxy) is 1. The highest BCUT2D eigenvalue weighted by Crippen LogP contribution is 2.33. The monoisotopic (exact) mass is 436 g/mol. The number of hydrogen-bond acceptors (Lipinski definition) is 5. The lowest BCUT2D eigenvalue weighted by molar-refractivity contribution is -0.136. The van der Waals surface area contributed by atoms with Crippen LogP contribution in [0.4, 0.5) is 5.69 Å². The quantitative estimate of drug-likeness (QED) is 0.718. The molecule has 0 radical (unpaired) electrons. The summed E-state index contributed by atoms with van der Waals surface area (Å²) >= 11 is 0. The predicted octanol–water partition coefficient (Wildman–Crippen LogP) is 2.00. The number of hydrogen-bond donors (Lipinski definition) is 0. The van der Waals surface area contributed by atoms with Crippen LogP contribution in [0, 0.1) is 6.92 Å². The molecule has 32 heavy (non-hydrogen) atoms. The Labute approximate surface area is 190 Å². The number of carbonyl (C=O) groups is 2. The van der Waals surface area contributed by atoms with E-state index in [-0.39, 0.29) is 18.4 Å². The highest BCUT2D eigenvalue weighted by molar-refractivity contribution is 5.86. The van der Waals surface area contributed by atoms with Gasteiger partial charge in [-0.05, 0) is 30.2 Å². The number of anilines is 1. The largest absolute Gasteiger partial charge is 0.477 e. The van der Waals surface area contributed by atoms with Crippen LogP contribution in [-0.4, -0.2) is 86.0 Å². The van der Waals surface area contributed by atoms with E-state index in [1.807, 2.05) is 34.1 Å². The normalized spacial score (nSPS) is 18.7. The second-order valence-electron chi connectivity index (χ2n) is 8.77. The Morgan fingerprint density at radius 2 is 1.69 bits per heavy atom. The van der Waals surface area contributed by atoms with Crippen molar-refractivity contribution < 1.29 is 14.3 Å². The van der Waals surface area contributed by atoms with Crippen molar-refractivity contribution in [1.29, 1.82) is 0 Å². The molecule has 0 aromatic heterocycles. The highest BCUT2D eigenvalue weighted by Gasteiger charge is 2.33. The zero-order chi connectivity index (χ0) is 22.7. The minimum Gasteiger partial charge on any atom is -0.477 e. The molecule has 2 heterocycles. The van der Waals surface area contributed by atoms with Gasteiger partial charge in [0.05, 0.1) is 18.8 Å². The van der Waals surface area contributed by atoms with Crippen LogP contribution in [0.1, 0.15) is 11.1 Å². The first-order valence-electron chi connectivity index (χ1n) is 11.2. The van der Waals surface area contributed by atoms with Gasteiger partial charge in [0.2, 0.25) is 5.91 Å². The second kappa shape index (κ2) is 9.61. The van der Waals surface area contributed by atoms with E-state index in [1.54, 1.807) is 14.1 Å². The van der Waals surface area contributed by atoms with Crippen LogP contribution in [-0.2, 0) is 16.1 Å². The van der Waals surface area contributed by atoms with Crippen LogP contribution in [0.2, 0.25) is 0 Å². The van der Waals surface area contributed by atoms with E-state index >= 15 is 0 Å². The third-order valence-corrected chi connectivity index (χ3v) is 6.28. The van der Waals surface area contributed by atoms with Crippen LogP contribution in [0.3, 0.4) is 0 Å². The maximum absolute atomic E-state index is 13.1. The summed E-state index contributed by atoms with van der Waals surface area (Å²) in [6.45, 7) is 6.84. The van der Waals surface area contributed by atoms with Crippen LogP contribution in [0.25, 0.3) is 0 Å². The lowest BCUT2D eigenvalue weighted by Gasteiger charge is -2.39. The highest BCUT2D eigenvalue weighted by atomic mass is 16.5. The molecule has 2 aliphatic rings. The third kappa shape index (κ3) is 4.88. The molecule has 1 atom stereocenters. The Balaban J connectivity index is 1.37. The van der Waals surface area contributed by atoms with Crippen molar-refractivity contribution in [3.05, 3.63) is 59.7 Å². The molecule has 2 aromatic carbocycles. The first-order chi connectivity index (χ1) is 15.4. The number of fused-ring (bicyclic) bond motifs is 1. The predicted molar refractivity (Wildman–Crippen MR) is 125 cm³/mol. The molecule has 0 bridgehead atoms. The molecule has 1 saturated heterocycles. The van der Waals surface area contributed by atoms with Crippen molar-refractivity contribution >= 4 is 17.5 Å². The molecule has 2 amide bonds. The van der Waals surface area contributed by atoms with Crippen LogP contribution >= 0.6 is 0 Å². The average Bonchev–Trinajstić information content (AvgIpc) is 2.80. The minimum atomic E-state index is -0.612. The standard InChI is InChI=1S/C25H32N4O3/c1-19-8-4-5-9-20(19)16-27-12-14-28(15-13-27)24(30)18-29-17-23(25(31)26(2)3)32-22-11-7-6-10-21(22)29/h4-11,23H,12-18H2,1-3H3/t23-/m0/s1. The zero-order valence-corrected chi connectivity index (χ0v) is 19.2. The van der Waals surface area contributed by atoms with Gasteiger partial charge in [-0.2, -0.15) is 0 Å². The van der Waals surface area contributed by atoms with Gasteiger partial charge in [0.15, 0.2) is 6.10 Å². The molecule has 2 aromatic rings. The van der Waals surface area contributed by atoms with E-state index in [2.05, 4.69) is 36.1 Å². The van der Waals surface area contributed by atoms with E-state index in [1.165, 1.54) is 16.0 Å². The SMILES string of the molecule is Cc1ccccc1CN1CCN(C(=O)CN2C[C@@H](C(=O)N(C)C)Oc3ccccc32)CC1. The Bertz CT molecular complexity index is 969. The number of rotatable bonds is 5. The number of benzene rings is 2. The lowest BCUT2D eigenvalue weighted by Crippen LogP contribution is -2.54. The minimum absolute atomic E-state index is 0.0910. The Morgan fingerprint density at radius 1 is 1.00 bits per heavy atom. The fourth-order valence-corrected chi connectivity index (χ4v) is 4.32. The zero-order valence-electron chi connectivity index (χ0n) is 19.2. The van der Waals surface area contributed by atoms with E-state index < -0.39 is 6.10 Å². The van der Waals surface area contributed by atoms with Gasteiger partial charge in [-0.3, -0.25) is 14.5 Å². The van der Waals surface area contributed by atoms with Gasteiger partial charge in [-0.15, -0.1) is 0 Å². The lowest BCUT2D eigenvalue weighted by atomic mass is 10.1. The van der Waals surface area contributed by atoms with E-state index in [9.17, 15) is 9.59 Å². The number of aryl methyl sites for hydroxylation is 1. The van der Waals surface area contributed by atoms with Gasteiger partial charge in [0.25, 0.3) is 5.91 Å². The van der Waals surface area contributed by atoms with Crippen LogP contribution in [0.15, 0.2) is 48.5 Å². The summed E-state index contributed by atoms with van der Waals surface area (Å²) in [6.07, 6.45) is -0.612. The smallest absolute Gasteiger partial charge is 0.265 e. The number of piperazine rings is 1. The summed E-state index contributed by atoms with van der Waals surface area (Å²) in [7, 11) is 3.44. The van der Waals surface area contributed by atoms with Crippen molar-refractivity contribution in [2.24, 2.45) is 0 Å². The molecule has 0 aliphatic carbocycles. The first kappa shape index (κ1) is 22.1. The van der Waals surface area contributed by atoms with Crippen LogP contribution < -0.4 is 9.64 Å². The maximum Gasteiger partial charge on any atom is 0.265 e. The number of amides is 2. The van der Waals surface area contributed by atoms with Gasteiger partial charge < -0.3 is 19.4 Å². The van der Waals surface area contributed by atoms with Crippen molar-refractivity contribution in [2.45, 2.75) is 19.6 Å². The molecule has 0 saturated carbocycles. The topological polar surface area (TPSA) is 56.3 Å². The molecule has 170 valence electrons. The summed E-state index contributed by atoms with van der Waals surface area (Å²) < 4.78 is 5.93. The van der Waals surface area contributed by atoms with Crippen molar-refractivity contribution in [2.75, 3.05) is 58.3 Å². The Hall–Kier alpha value is -3.06. The van der Waals surface area contributed by atoms with E-state index in [0.29, 0.717) is 12.3 Å². The molecular weight excluding hydrogens is 404 g/mol. The summed E-state index contributed by atoms with van der Waals surface area (Å²) in [5, 5.41) is 0. The number of carbonyl (C=O) groups excluding carboxylic acids is 2. The molecule has 7 nitrogen and oxygen atoms in total. The molecule has 7 heteroatoms. The van der Waals surface area contributed by atoms with E-state index in [4.69, 9.17) is 4.74 Å². The average molecular weight is 437 g/mol. The first-order valence-corrected chi connectivity index (χ1v) is 11.2. The fraction of sp³-hybridized carbons (Fsp3) is 0.440. The van der Waals surface area contributed by atoms with Crippen molar-refractivity contribution in [3.8, 4) is 5.75 Å². The molecule has 2 aliphatic heterocycles. The summed E-state index contributed by atoms with van der Waals surface area (Å²) in [5.41, 5.74) is 3.51. The summed E-state index contributed by atoms with van der Waals surface area (Å²) in [5.74, 6) is 0.643. The molecule has 0 N–H and O–H groups in total. The van der Waals surface area contributed by atoms with Gasteiger partial charge in [0.1, 0.15) is 5.75 Å². The third-order valence-electron chi connectivity index (χ3n) is 6.28. The summed E-state index contributed by atoms with van der Waals surface area (Å²) in [6, 6.07) is 16.1. The van der Waals surface area contributed by atoms with Gasteiger partial charge in [0, 0.05) is 46.8 Å². The van der Waals surface area contributed by atoms with Crippen molar-refractivity contribution in [3.63, 3.8) is 0 Å².